The zero-order chi connectivity index (χ0) is 21.1. The molecule has 2 saturated heterocycles. The standard InChI is InChI=1S/C23H16ClN3O3/c1-30-13-27-19-9-18-17(24-18)8-15(19)23(21(27)29)10-20(28)16(22(23,11-25)12-26)7-14-5-3-2-4-6-14/h2-9,18H,10,13H2,1H3/b16-7-/t18-,23+/m0/s1. The predicted molar refractivity (Wildman–Crippen MR) is 102 cm³/mol. The number of nitriles is 2. The number of Topliss-reactive ketones (excluding diaryl/α,β-unsaturated/α-hetero) is 1. The van der Waals surface area contributed by atoms with Gasteiger partial charge >= 0.3 is 0 Å². The molecule has 2 atom stereocenters. The van der Waals surface area contributed by atoms with Gasteiger partial charge in [-0.3, -0.25) is 9.59 Å². The maximum Gasteiger partial charge on any atom is 0.224 e. The fourth-order valence-electron chi connectivity index (χ4n) is 4.74. The number of ether oxygens (including phenoxy) is 1. The van der Waals surface area contributed by atoms with Gasteiger partial charge in [0.25, 0.3) is 0 Å². The molecule has 6 nitrogen and oxygen atoms in total. The highest BCUT2D eigenvalue weighted by Gasteiger charge is 2.70. The molecule has 1 aromatic carbocycles. The number of carbonyl (C=O) groups excluding carboxylic acids is 2. The molecule has 30 heavy (non-hydrogen) atoms. The van der Waals surface area contributed by atoms with Crippen molar-refractivity contribution in [2.75, 3.05) is 13.8 Å². The average Bonchev–Trinajstić information content (AvgIpc) is 3.44. The number of allylic oxidation sites excluding steroid dienone is 4. The van der Waals surface area contributed by atoms with E-state index in [1.54, 1.807) is 18.2 Å². The Morgan fingerprint density at radius 2 is 2.03 bits per heavy atom. The van der Waals surface area contributed by atoms with Crippen molar-refractivity contribution in [3.05, 3.63) is 70.3 Å². The zero-order valence-electron chi connectivity index (χ0n) is 16.1. The van der Waals surface area contributed by atoms with E-state index in [1.807, 2.05) is 30.4 Å². The van der Waals surface area contributed by atoms with Crippen molar-refractivity contribution in [1.82, 2.24) is 4.90 Å². The van der Waals surface area contributed by atoms with Crippen LogP contribution >= 0.6 is 0 Å². The molecule has 2 heterocycles. The molecular formula is C23H16ClN3O3. The number of methoxy groups -OCH3 is 1. The molecule has 7 heteroatoms. The van der Waals surface area contributed by atoms with Gasteiger partial charge in [0.1, 0.15) is 12.1 Å². The SMILES string of the molecule is COCN1C(=O)[C@@]2(CC(=O)/C(=C/c3ccccc3)C2(C#N)C#N)C2=C[C-]3[Cl+][C@H]3C=C21. The summed E-state index contributed by atoms with van der Waals surface area (Å²) in [7, 11) is 3.65. The molecule has 1 saturated carbocycles. The van der Waals surface area contributed by atoms with E-state index in [0.29, 0.717) is 16.8 Å². The van der Waals surface area contributed by atoms with Crippen LogP contribution in [0.15, 0.2) is 59.3 Å². The topological polar surface area (TPSA) is 94.2 Å². The quantitative estimate of drug-likeness (QED) is 0.427. The highest BCUT2D eigenvalue weighted by atomic mass is 35.5. The summed E-state index contributed by atoms with van der Waals surface area (Å²) in [5.74, 6) is -0.796. The van der Waals surface area contributed by atoms with Crippen LogP contribution in [-0.4, -0.2) is 35.8 Å². The van der Waals surface area contributed by atoms with Crippen LogP contribution < -0.4 is 0 Å². The van der Waals surface area contributed by atoms with E-state index < -0.39 is 16.7 Å². The minimum Gasteiger partial charge on any atom is -0.364 e. The summed E-state index contributed by atoms with van der Waals surface area (Å²) >= 11 is 0. The van der Waals surface area contributed by atoms with Gasteiger partial charge in [0, 0.05) is 19.1 Å². The highest BCUT2D eigenvalue weighted by molar-refractivity contribution is 6.14. The first-order valence-corrected chi connectivity index (χ1v) is 10.2. The lowest BCUT2D eigenvalue weighted by Gasteiger charge is -2.36. The molecule has 3 fully saturated rings. The number of halogens is 1. The number of nitrogens with zero attached hydrogens (tertiary/aromatic N) is 3. The summed E-state index contributed by atoms with van der Waals surface area (Å²) in [6.07, 6.45) is 5.16. The maximum atomic E-state index is 13.7. The van der Waals surface area contributed by atoms with Crippen LogP contribution in [0.3, 0.4) is 0 Å². The molecule has 0 N–H and O–H groups in total. The van der Waals surface area contributed by atoms with Crippen molar-refractivity contribution >= 4 is 17.8 Å². The van der Waals surface area contributed by atoms with Crippen LogP contribution in [0.2, 0.25) is 0 Å². The van der Waals surface area contributed by atoms with Crippen molar-refractivity contribution in [3.8, 4) is 12.1 Å². The summed E-state index contributed by atoms with van der Waals surface area (Å²) in [5, 5.41) is 21.7. The smallest absolute Gasteiger partial charge is 0.224 e. The lowest BCUT2D eigenvalue weighted by atomic mass is 9.61. The number of ketones is 1. The van der Waals surface area contributed by atoms with Crippen molar-refractivity contribution in [3.63, 3.8) is 0 Å². The van der Waals surface area contributed by atoms with Gasteiger partial charge in [-0.25, -0.2) is 0 Å². The van der Waals surface area contributed by atoms with Crippen LogP contribution in [0.4, 0.5) is 0 Å². The Morgan fingerprint density at radius 3 is 2.70 bits per heavy atom. The summed E-state index contributed by atoms with van der Waals surface area (Å²) in [4.78, 5) is 28.4. The number of rotatable bonds is 3. The van der Waals surface area contributed by atoms with Crippen molar-refractivity contribution in [2.45, 2.75) is 11.8 Å². The van der Waals surface area contributed by atoms with Gasteiger partial charge in [0.05, 0.1) is 28.3 Å². The van der Waals surface area contributed by atoms with Crippen molar-refractivity contribution < 1.29 is 25.1 Å². The van der Waals surface area contributed by atoms with E-state index >= 15 is 0 Å². The van der Waals surface area contributed by atoms with Crippen LogP contribution in [0.25, 0.3) is 6.08 Å². The number of hydrogen-bond acceptors (Lipinski definition) is 5. The first kappa shape index (κ1) is 18.7. The molecule has 1 amide bonds. The Bertz CT molecular complexity index is 1140. The number of likely N-dealkylation sites (tertiary alicyclic amines) is 1. The highest BCUT2D eigenvalue weighted by Crippen LogP contribution is 2.66. The summed E-state index contributed by atoms with van der Waals surface area (Å²) in [6.45, 7) is -0.0108. The first-order valence-electron chi connectivity index (χ1n) is 9.41. The Balaban J connectivity index is 1.76. The lowest BCUT2D eigenvalue weighted by molar-refractivity contribution is -0.479. The van der Waals surface area contributed by atoms with Gasteiger partial charge in [-0.15, -0.1) is 5.57 Å². The fraction of sp³-hybridized carbons (Fsp3) is 0.261. The molecule has 2 aliphatic heterocycles. The molecule has 1 spiro atoms. The monoisotopic (exact) mass is 417 g/mol. The van der Waals surface area contributed by atoms with E-state index in [4.69, 9.17) is 4.74 Å². The molecule has 5 rings (SSSR count). The van der Waals surface area contributed by atoms with E-state index in [1.165, 1.54) is 12.0 Å². The van der Waals surface area contributed by atoms with Gasteiger partial charge in [0.2, 0.25) is 11.3 Å². The van der Waals surface area contributed by atoms with Crippen LogP contribution in [0.1, 0.15) is 12.0 Å². The average molecular weight is 418 g/mol. The fourth-order valence-corrected chi connectivity index (χ4v) is 5.43. The van der Waals surface area contributed by atoms with Crippen LogP contribution in [0.5, 0.6) is 0 Å². The molecule has 0 aromatic heterocycles. The van der Waals surface area contributed by atoms with Crippen LogP contribution in [0, 0.1) is 49.7 Å². The second-order valence-corrected chi connectivity index (χ2v) is 8.73. The normalized spacial score (nSPS) is 29.3. The number of amides is 1. The summed E-state index contributed by atoms with van der Waals surface area (Å²) < 4.78 is 5.24. The molecule has 4 aliphatic rings. The third-order valence-corrected chi connectivity index (χ3v) is 7.11. The Kier molecular flexibility index (Phi) is 3.95. The number of hydrogen-bond donors (Lipinski definition) is 0. The van der Waals surface area contributed by atoms with Gasteiger partial charge in [-0.2, -0.15) is 16.6 Å². The number of carbonyl (C=O) groups is 2. The van der Waals surface area contributed by atoms with E-state index in [0.717, 1.165) is 5.38 Å². The summed E-state index contributed by atoms with van der Waals surface area (Å²) in [6, 6.07) is 13.2. The largest absolute Gasteiger partial charge is 0.364 e. The van der Waals surface area contributed by atoms with Gasteiger partial charge in [-0.05, 0) is 23.4 Å². The number of benzene rings is 1. The van der Waals surface area contributed by atoms with E-state index in [-0.39, 0.29) is 29.9 Å². The number of alkyl halides is 1. The van der Waals surface area contributed by atoms with Crippen molar-refractivity contribution in [1.29, 1.82) is 10.5 Å². The second kappa shape index (κ2) is 6.34. The number of fused-ring (bicyclic) bond motifs is 3. The first-order chi connectivity index (χ1) is 14.5. The minimum atomic E-state index is -1.93. The molecule has 148 valence electrons. The second-order valence-electron chi connectivity index (χ2n) is 7.60. The van der Waals surface area contributed by atoms with Gasteiger partial charge < -0.3 is 9.64 Å². The molecule has 0 bridgehead atoms. The Labute approximate surface area is 177 Å². The lowest BCUT2D eigenvalue weighted by Crippen LogP contribution is -2.44. The zero-order valence-corrected chi connectivity index (χ0v) is 16.8. The Hall–Kier alpha value is -3.32. The Morgan fingerprint density at radius 1 is 1.30 bits per heavy atom. The van der Waals surface area contributed by atoms with Gasteiger partial charge in [0.15, 0.2) is 11.2 Å². The molecule has 0 radical (unpaired) electrons. The molecular weight excluding hydrogens is 402 g/mol. The predicted octanol–water partition coefficient (Wildman–Crippen LogP) is 2.33. The van der Waals surface area contributed by atoms with E-state index in [2.05, 4.69) is 22.9 Å². The van der Waals surface area contributed by atoms with Crippen LogP contribution in [-0.2, 0) is 14.3 Å². The van der Waals surface area contributed by atoms with Crippen molar-refractivity contribution in [2.24, 2.45) is 10.8 Å². The third-order valence-electron chi connectivity index (χ3n) is 6.15. The van der Waals surface area contributed by atoms with E-state index in [9.17, 15) is 20.1 Å². The molecule has 2 aliphatic carbocycles. The molecule has 0 unspecified atom stereocenters. The minimum absolute atomic E-state index is 0.0108. The maximum absolute atomic E-state index is 13.7. The third kappa shape index (κ3) is 2.18. The molecule has 1 aromatic rings. The summed E-state index contributed by atoms with van der Waals surface area (Å²) in [5.41, 5.74) is -1.55. The van der Waals surface area contributed by atoms with Gasteiger partial charge in [-0.1, -0.05) is 30.3 Å².